The molecule has 0 aliphatic rings. The first kappa shape index (κ1) is 9.92. The molecule has 0 spiro atoms. The van der Waals surface area contributed by atoms with Gasteiger partial charge in [0.05, 0.1) is 5.69 Å². The molecule has 0 aliphatic carbocycles. The molecular formula is C10H7BrN2O2. The molecule has 0 atom stereocenters. The van der Waals surface area contributed by atoms with Gasteiger partial charge in [-0.1, -0.05) is 0 Å². The van der Waals surface area contributed by atoms with E-state index in [4.69, 9.17) is 0 Å². The van der Waals surface area contributed by atoms with Gasteiger partial charge in [0.1, 0.15) is 0 Å². The minimum atomic E-state index is -0.193. The Morgan fingerprint density at radius 3 is 2.60 bits per heavy atom. The van der Waals surface area contributed by atoms with Crippen LogP contribution >= 0.6 is 15.9 Å². The second-order valence-electron chi connectivity index (χ2n) is 2.97. The van der Waals surface area contributed by atoms with Crippen LogP contribution in [0.15, 0.2) is 50.7 Å². The lowest BCUT2D eigenvalue weighted by molar-refractivity contribution is 0.967. The number of H-pyrrole nitrogens is 1. The number of aromatic nitrogens is 2. The van der Waals surface area contributed by atoms with E-state index in [1.165, 1.54) is 22.9 Å². The van der Waals surface area contributed by atoms with Crippen molar-refractivity contribution < 1.29 is 0 Å². The molecule has 5 heteroatoms. The molecule has 2 heterocycles. The third-order valence-corrected chi connectivity index (χ3v) is 2.39. The van der Waals surface area contributed by atoms with Crippen LogP contribution in [0.5, 0.6) is 0 Å². The number of pyridine rings is 2. The summed E-state index contributed by atoms with van der Waals surface area (Å²) in [7, 11) is 0. The van der Waals surface area contributed by atoms with Crippen LogP contribution in [0.2, 0.25) is 0 Å². The van der Waals surface area contributed by atoms with E-state index in [-0.39, 0.29) is 11.1 Å². The fourth-order valence-corrected chi connectivity index (χ4v) is 1.55. The van der Waals surface area contributed by atoms with E-state index in [1.807, 2.05) is 0 Å². The average molecular weight is 267 g/mol. The maximum Gasteiger partial charge on any atom is 0.255 e. The number of halogens is 1. The zero-order chi connectivity index (χ0) is 10.8. The minimum absolute atomic E-state index is 0.148. The minimum Gasteiger partial charge on any atom is -0.327 e. The van der Waals surface area contributed by atoms with Crippen molar-refractivity contribution in [3.8, 4) is 5.69 Å². The van der Waals surface area contributed by atoms with Crippen LogP contribution in [0.3, 0.4) is 0 Å². The lowest BCUT2D eigenvalue weighted by Crippen LogP contribution is -2.17. The van der Waals surface area contributed by atoms with Crippen LogP contribution in [0.1, 0.15) is 0 Å². The maximum atomic E-state index is 11.5. The number of aromatic amines is 1. The molecule has 15 heavy (non-hydrogen) atoms. The molecule has 2 aromatic rings. The summed E-state index contributed by atoms with van der Waals surface area (Å²) in [5, 5.41) is 0. The van der Waals surface area contributed by atoms with Gasteiger partial charge in [-0.15, -0.1) is 0 Å². The lowest BCUT2D eigenvalue weighted by Gasteiger charge is -2.04. The fourth-order valence-electron chi connectivity index (χ4n) is 1.22. The first-order valence-electron chi connectivity index (χ1n) is 4.24. The summed E-state index contributed by atoms with van der Waals surface area (Å²) in [6, 6.07) is 6.09. The molecule has 0 bridgehead atoms. The maximum absolute atomic E-state index is 11.5. The molecule has 0 aliphatic heterocycles. The highest BCUT2D eigenvalue weighted by Gasteiger charge is 1.99. The quantitative estimate of drug-likeness (QED) is 0.846. The van der Waals surface area contributed by atoms with Gasteiger partial charge in [-0.05, 0) is 28.1 Å². The van der Waals surface area contributed by atoms with Crippen LogP contribution < -0.4 is 11.1 Å². The van der Waals surface area contributed by atoms with E-state index in [9.17, 15) is 9.59 Å². The summed E-state index contributed by atoms with van der Waals surface area (Å²) in [6.07, 6.45) is 3.14. The summed E-state index contributed by atoms with van der Waals surface area (Å²) in [4.78, 5) is 24.9. The highest BCUT2D eigenvalue weighted by atomic mass is 79.9. The van der Waals surface area contributed by atoms with Gasteiger partial charge in [-0.3, -0.25) is 14.2 Å². The first-order chi connectivity index (χ1) is 7.16. The van der Waals surface area contributed by atoms with E-state index in [1.54, 1.807) is 18.3 Å². The van der Waals surface area contributed by atoms with E-state index >= 15 is 0 Å². The Balaban J connectivity index is 2.63. The smallest absolute Gasteiger partial charge is 0.255 e. The van der Waals surface area contributed by atoms with Crippen LogP contribution in [0, 0.1) is 0 Å². The number of nitrogens with zero attached hydrogens (tertiary/aromatic N) is 1. The molecule has 0 aromatic carbocycles. The molecule has 4 nitrogen and oxygen atoms in total. The Labute approximate surface area is 93.3 Å². The molecule has 0 radical (unpaired) electrons. The SMILES string of the molecule is O=c1ccc(-n2cc(Br)ccc2=O)c[nH]1. The van der Waals surface area contributed by atoms with Crippen molar-refractivity contribution in [2.45, 2.75) is 0 Å². The van der Waals surface area contributed by atoms with Crippen molar-refractivity contribution in [1.82, 2.24) is 9.55 Å². The second kappa shape index (κ2) is 3.86. The second-order valence-corrected chi connectivity index (χ2v) is 3.88. The van der Waals surface area contributed by atoms with E-state index in [2.05, 4.69) is 20.9 Å². The van der Waals surface area contributed by atoms with Crippen molar-refractivity contribution >= 4 is 15.9 Å². The van der Waals surface area contributed by atoms with E-state index in [0.717, 1.165) is 4.47 Å². The molecule has 0 saturated heterocycles. The van der Waals surface area contributed by atoms with Gasteiger partial charge in [0.2, 0.25) is 5.56 Å². The Hall–Kier alpha value is -1.62. The number of nitrogens with one attached hydrogen (secondary N) is 1. The molecule has 1 N–H and O–H groups in total. The number of hydrogen-bond acceptors (Lipinski definition) is 2. The van der Waals surface area contributed by atoms with E-state index < -0.39 is 0 Å². The number of hydrogen-bond donors (Lipinski definition) is 1. The summed E-state index contributed by atoms with van der Waals surface area (Å²) in [5.41, 5.74) is 0.285. The van der Waals surface area contributed by atoms with Crippen molar-refractivity contribution in [1.29, 1.82) is 0 Å². The third kappa shape index (κ3) is 2.07. The Morgan fingerprint density at radius 1 is 1.13 bits per heavy atom. The standard InChI is InChI=1S/C10H7BrN2O2/c11-7-1-4-10(15)13(6-7)8-2-3-9(14)12-5-8/h1-6H,(H,12,14). The van der Waals surface area contributed by atoms with Crippen molar-refractivity contribution in [2.75, 3.05) is 0 Å². The van der Waals surface area contributed by atoms with Crippen LogP contribution in [-0.4, -0.2) is 9.55 Å². The number of rotatable bonds is 1. The molecular weight excluding hydrogens is 260 g/mol. The van der Waals surface area contributed by atoms with Gasteiger partial charge >= 0.3 is 0 Å². The van der Waals surface area contributed by atoms with Crippen LogP contribution in [-0.2, 0) is 0 Å². The summed E-state index contributed by atoms with van der Waals surface area (Å²) in [6.45, 7) is 0. The monoisotopic (exact) mass is 266 g/mol. The third-order valence-electron chi connectivity index (χ3n) is 1.92. The summed E-state index contributed by atoms with van der Waals surface area (Å²) >= 11 is 3.28. The largest absolute Gasteiger partial charge is 0.327 e. The molecule has 0 fully saturated rings. The van der Waals surface area contributed by atoms with Gasteiger partial charge < -0.3 is 4.98 Å². The van der Waals surface area contributed by atoms with Crippen molar-refractivity contribution in [2.24, 2.45) is 0 Å². The molecule has 2 rings (SSSR count). The predicted molar refractivity (Wildman–Crippen MR) is 60.4 cm³/mol. The van der Waals surface area contributed by atoms with Gasteiger partial charge in [0.25, 0.3) is 5.56 Å². The fraction of sp³-hybridized carbons (Fsp3) is 0. The normalized spacial score (nSPS) is 10.2. The summed E-state index contributed by atoms with van der Waals surface area (Å²) < 4.78 is 2.24. The van der Waals surface area contributed by atoms with Gasteiger partial charge in [-0.25, -0.2) is 0 Å². The molecule has 2 aromatic heterocycles. The Bertz CT molecular complexity index is 580. The van der Waals surface area contributed by atoms with Crippen LogP contribution in [0.4, 0.5) is 0 Å². The predicted octanol–water partition coefficient (Wildman–Crippen LogP) is 1.29. The van der Waals surface area contributed by atoms with Gasteiger partial charge in [0.15, 0.2) is 0 Å². The zero-order valence-corrected chi connectivity index (χ0v) is 9.19. The molecule has 0 unspecified atom stereocenters. The Morgan fingerprint density at radius 2 is 1.93 bits per heavy atom. The van der Waals surface area contributed by atoms with Crippen molar-refractivity contribution in [3.05, 3.63) is 61.8 Å². The van der Waals surface area contributed by atoms with Gasteiger partial charge in [0, 0.05) is 29.0 Å². The highest BCUT2D eigenvalue weighted by molar-refractivity contribution is 9.10. The van der Waals surface area contributed by atoms with Crippen LogP contribution in [0.25, 0.3) is 5.69 Å². The topological polar surface area (TPSA) is 54.9 Å². The van der Waals surface area contributed by atoms with Gasteiger partial charge in [-0.2, -0.15) is 0 Å². The van der Waals surface area contributed by atoms with E-state index in [0.29, 0.717) is 5.69 Å². The first-order valence-corrected chi connectivity index (χ1v) is 5.03. The molecule has 0 saturated carbocycles. The molecule has 0 amide bonds. The summed E-state index contributed by atoms with van der Waals surface area (Å²) in [5.74, 6) is 0. The van der Waals surface area contributed by atoms with Crippen molar-refractivity contribution in [3.63, 3.8) is 0 Å². The average Bonchev–Trinajstić information content (AvgIpc) is 2.23. The lowest BCUT2D eigenvalue weighted by atomic mass is 10.4. The Kier molecular flexibility index (Phi) is 2.55. The highest BCUT2D eigenvalue weighted by Crippen LogP contribution is 2.08. The zero-order valence-electron chi connectivity index (χ0n) is 7.61. The molecule has 76 valence electrons.